The number of hydrogen-bond acceptors (Lipinski definition) is 6. The number of rotatable bonds is 5. The first-order valence-electron chi connectivity index (χ1n) is 5.94. The average molecular weight is 260 g/mol. The molecule has 100 valence electrons. The maximum Gasteiger partial charge on any atom is 0.240 e. The van der Waals surface area contributed by atoms with E-state index in [1.165, 1.54) is 0 Å². The normalized spacial score (nSPS) is 10.1. The molecule has 19 heavy (non-hydrogen) atoms. The molecule has 0 fully saturated rings. The lowest BCUT2D eigenvalue weighted by molar-refractivity contribution is 0.338. The van der Waals surface area contributed by atoms with Crippen molar-refractivity contribution in [1.29, 1.82) is 0 Å². The number of nitrogens with two attached hydrogens (primary N) is 1. The van der Waals surface area contributed by atoms with Crippen molar-refractivity contribution in [1.82, 2.24) is 9.97 Å². The maximum atomic E-state index is 5.71. The highest BCUT2D eigenvalue weighted by atomic mass is 16.5. The van der Waals surface area contributed by atoms with Crippen molar-refractivity contribution in [2.75, 3.05) is 12.0 Å². The van der Waals surface area contributed by atoms with E-state index < -0.39 is 0 Å². The van der Waals surface area contributed by atoms with Gasteiger partial charge in [0.05, 0.1) is 6.61 Å². The molecular formula is C13H16N4O2. The van der Waals surface area contributed by atoms with Gasteiger partial charge >= 0.3 is 0 Å². The van der Waals surface area contributed by atoms with Crippen LogP contribution in [-0.2, 0) is 0 Å². The molecule has 1 aromatic carbocycles. The smallest absolute Gasteiger partial charge is 0.240 e. The molecule has 0 aliphatic heterocycles. The number of aryl methyl sites for hydroxylation is 1. The Hall–Kier alpha value is -2.34. The number of hydrazine groups is 1. The van der Waals surface area contributed by atoms with Crippen LogP contribution in [0.5, 0.6) is 17.4 Å². The van der Waals surface area contributed by atoms with Crippen molar-refractivity contribution in [3.63, 3.8) is 0 Å². The van der Waals surface area contributed by atoms with E-state index in [2.05, 4.69) is 15.4 Å². The monoisotopic (exact) mass is 260 g/mol. The average Bonchev–Trinajstić information content (AvgIpc) is 2.42. The van der Waals surface area contributed by atoms with Crippen LogP contribution < -0.4 is 20.7 Å². The highest BCUT2D eigenvalue weighted by molar-refractivity contribution is 5.38. The predicted molar refractivity (Wildman–Crippen MR) is 72.3 cm³/mol. The number of nitrogens with one attached hydrogen (secondary N) is 1. The molecule has 2 rings (SSSR count). The molecule has 2 aromatic rings. The minimum Gasteiger partial charge on any atom is -0.494 e. The minimum absolute atomic E-state index is 0.307. The van der Waals surface area contributed by atoms with Crippen LogP contribution in [0.4, 0.5) is 5.95 Å². The first kappa shape index (κ1) is 13.1. The summed E-state index contributed by atoms with van der Waals surface area (Å²) in [6, 6.07) is 7.37. The summed E-state index contributed by atoms with van der Waals surface area (Å²) >= 11 is 0. The van der Waals surface area contributed by atoms with Gasteiger partial charge in [0.15, 0.2) is 0 Å². The van der Waals surface area contributed by atoms with Crippen LogP contribution >= 0.6 is 0 Å². The molecule has 0 unspecified atom stereocenters. The Morgan fingerprint density at radius 3 is 2.84 bits per heavy atom. The van der Waals surface area contributed by atoms with Crippen molar-refractivity contribution in [2.45, 2.75) is 13.8 Å². The number of hydrogen-bond donors (Lipinski definition) is 2. The number of nitrogens with zero attached hydrogens (tertiary/aromatic N) is 2. The van der Waals surface area contributed by atoms with Gasteiger partial charge in [-0.3, -0.25) is 5.43 Å². The van der Waals surface area contributed by atoms with Gasteiger partial charge in [0.25, 0.3) is 0 Å². The van der Waals surface area contributed by atoms with E-state index in [0.29, 0.717) is 24.2 Å². The van der Waals surface area contributed by atoms with Crippen molar-refractivity contribution in [2.24, 2.45) is 5.84 Å². The predicted octanol–water partition coefficient (Wildman–Crippen LogP) is 2.26. The van der Waals surface area contributed by atoms with Gasteiger partial charge in [0.2, 0.25) is 11.8 Å². The zero-order valence-corrected chi connectivity index (χ0v) is 10.9. The van der Waals surface area contributed by atoms with E-state index in [-0.39, 0.29) is 0 Å². The van der Waals surface area contributed by atoms with Crippen LogP contribution in [0, 0.1) is 6.92 Å². The first-order valence-corrected chi connectivity index (χ1v) is 5.94. The minimum atomic E-state index is 0.307. The quantitative estimate of drug-likeness (QED) is 0.634. The molecule has 0 spiro atoms. The van der Waals surface area contributed by atoms with E-state index in [0.717, 1.165) is 11.3 Å². The molecule has 0 saturated heterocycles. The lowest BCUT2D eigenvalue weighted by Crippen LogP contribution is -2.11. The maximum absolute atomic E-state index is 5.71. The SMILES string of the molecule is CCOc1cccc(Oc2nc(NN)ncc2C)c1. The fourth-order valence-corrected chi connectivity index (χ4v) is 1.51. The third-order valence-corrected chi connectivity index (χ3v) is 2.39. The van der Waals surface area contributed by atoms with Crippen LogP contribution in [0.2, 0.25) is 0 Å². The van der Waals surface area contributed by atoms with Crippen LogP contribution in [-0.4, -0.2) is 16.6 Å². The van der Waals surface area contributed by atoms with Gasteiger partial charge in [-0.25, -0.2) is 10.8 Å². The third-order valence-electron chi connectivity index (χ3n) is 2.39. The largest absolute Gasteiger partial charge is 0.494 e. The molecule has 0 atom stereocenters. The molecule has 0 aliphatic rings. The summed E-state index contributed by atoms with van der Waals surface area (Å²) in [4.78, 5) is 8.15. The summed E-state index contributed by atoms with van der Waals surface area (Å²) in [7, 11) is 0. The van der Waals surface area contributed by atoms with Crippen molar-refractivity contribution in [3.05, 3.63) is 36.0 Å². The van der Waals surface area contributed by atoms with E-state index >= 15 is 0 Å². The summed E-state index contributed by atoms with van der Waals surface area (Å²) in [5, 5.41) is 0. The second-order valence-electron chi connectivity index (χ2n) is 3.84. The standard InChI is InChI=1S/C13H16N4O2/c1-3-18-10-5-4-6-11(7-10)19-12-9(2)8-15-13(16-12)17-14/h4-8H,3,14H2,1-2H3,(H,15,16,17). The number of ether oxygens (including phenoxy) is 2. The van der Waals surface area contributed by atoms with Gasteiger partial charge in [0, 0.05) is 17.8 Å². The highest BCUT2D eigenvalue weighted by Gasteiger charge is 2.06. The first-order chi connectivity index (χ1) is 9.22. The van der Waals surface area contributed by atoms with Gasteiger partial charge in [0.1, 0.15) is 11.5 Å². The Morgan fingerprint density at radius 2 is 2.11 bits per heavy atom. The third kappa shape index (κ3) is 3.32. The fraction of sp³-hybridized carbons (Fsp3) is 0.231. The second kappa shape index (κ2) is 6.01. The summed E-state index contributed by atoms with van der Waals surface area (Å²) in [6.07, 6.45) is 1.64. The zero-order valence-electron chi connectivity index (χ0n) is 10.9. The molecule has 0 radical (unpaired) electrons. The van der Waals surface area contributed by atoms with Crippen LogP contribution in [0.15, 0.2) is 30.5 Å². The summed E-state index contributed by atoms with van der Waals surface area (Å²) < 4.78 is 11.1. The van der Waals surface area contributed by atoms with E-state index in [4.69, 9.17) is 15.3 Å². The van der Waals surface area contributed by atoms with E-state index in [9.17, 15) is 0 Å². The highest BCUT2D eigenvalue weighted by Crippen LogP contribution is 2.26. The molecule has 1 aromatic heterocycles. The second-order valence-corrected chi connectivity index (χ2v) is 3.84. The molecule has 0 aliphatic carbocycles. The number of nitrogen functional groups attached to an aromatic ring is 1. The lowest BCUT2D eigenvalue weighted by atomic mass is 10.3. The van der Waals surface area contributed by atoms with Crippen LogP contribution in [0.1, 0.15) is 12.5 Å². The molecule has 0 saturated carbocycles. The Bertz CT molecular complexity index is 560. The number of anilines is 1. The summed E-state index contributed by atoms with van der Waals surface area (Å²) in [5.74, 6) is 7.44. The van der Waals surface area contributed by atoms with Crippen LogP contribution in [0.3, 0.4) is 0 Å². The van der Waals surface area contributed by atoms with Crippen molar-refractivity contribution in [3.8, 4) is 17.4 Å². The van der Waals surface area contributed by atoms with Gasteiger partial charge in [-0.1, -0.05) is 6.07 Å². The molecule has 0 amide bonds. The summed E-state index contributed by atoms with van der Waals surface area (Å²) in [6.45, 7) is 4.40. The van der Waals surface area contributed by atoms with Crippen LogP contribution in [0.25, 0.3) is 0 Å². The van der Waals surface area contributed by atoms with Gasteiger partial charge in [-0.15, -0.1) is 0 Å². The fourth-order valence-electron chi connectivity index (χ4n) is 1.51. The molecule has 3 N–H and O–H groups in total. The van der Waals surface area contributed by atoms with Gasteiger partial charge in [-0.05, 0) is 26.0 Å². The molecule has 1 heterocycles. The van der Waals surface area contributed by atoms with Gasteiger partial charge < -0.3 is 9.47 Å². The van der Waals surface area contributed by atoms with Gasteiger partial charge in [-0.2, -0.15) is 4.98 Å². The van der Waals surface area contributed by atoms with Crippen molar-refractivity contribution >= 4 is 5.95 Å². The Labute approximate surface area is 111 Å². The van der Waals surface area contributed by atoms with Crippen molar-refractivity contribution < 1.29 is 9.47 Å². The molecule has 0 bridgehead atoms. The molecular weight excluding hydrogens is 244 g/mol. The molecule has 6 nitrogen and oxygen atoms in total. The Morgan fingerprint density at radius 1 is 1.32 bits per heavy atom. The molecule has 6 heteroatoms. The van der Waals surface area contributed by atoms with E-state index in [1.54, 1.807) is 12.3 Å². The summed E-state index contributed by atoms with van der Waals surface area (Å²) in [5.41, 5.74) is 3.21. The number of aromatic nitrogens is 2. The van der Waals surface area contributed by atoms with E-state index in [1.807, 2.05) is 32.0 Å². The Kier molecular flexibility index (Phi) is 4.15. The Balaban J connectivity index is 2.22. The number of benzene rings is 1. The zero-order chi connectivity index (χ0) is 13.7. The lowest BCUT2D eigenvalue weighted by Gasteiger charge is -2.10. The topological polar surface area (TPSA) is 82.3 Å².